The molecule has 1 saturated heterocycles. The smallest absolute Gasteiger partial charge is 0.242 e. The fraction of sp³-hybridized carbons (Fsp3) is 0.538. The van der Waals surface area contributed by atoms with E-state index in [1.807, 2.05) is 24.3 Å². The maximum absolute atomic E-state index is 12.6. The van der Waals surface area contributed by atoms with Crippen LogP contribution in [0, 0.1) is 5.92 Å². The van der Waals surface area contributed by atoms with Crippen molar-refractivity contribution >= 4 is 11.6 Å². The second-order valence-corrected chi connectivity index (χ2v) is 5.03. The zero-order valence-electron chi connectivity index (χ0n) is 9.58. The van der Waals surface area contributed by atoms with Crippen LogP contribution in [-0.4, -0.2) is 24.4 Å². The van der Waals surface area contributed by atoms with Crippen LogP contribution >= 0.6 is 11.6 Å². The number of hydrogen-bond acceptors (Lipinski definition) is 1. The van der Waals surface area contributed by atoms with Gasteiger partial charge in [0.2, 0.25) is 6.43 Å². The average Bonchev–Trinajstić information content (AvgIpc) is 2.32. The Balaban J connectivity index is 1.92. The van der Waals surface area contributed by atoms with Crippen molar-refractivity contribution in [3.8, 4) is 0 Å². The summed E-state index contributed by atoms with van der Waals surface area (Å²) in [5.74, 6) is -0.462. The molecule has 1 aromatic carbocycles. The number of rotatable bonds is 3. The largest absolute Gasteiger partial charge is 0.299 e. The molecule has 1 aliphatic rings. The first kappa shape index (κ1) is 12.8. The molecule has 1 aliphatic heterocycles. The summed E-state index contributed by atoms with van der Waals surface area (Å²) in [4.78, 5) is 2.10. The normalized spacial score (nSPS) is 22.0. The molecular formula is C13H16ClF2N. The number of likely N-dealkylation sites (tertiary alicyclic amines) is 1. The van der Waals surface area contributed by atoms with Gasteiger partial charge < -0.3 is 0 Å². The van der Waals surface area contributed by atoms with Crippen LogP contribution in [0.4, 0.5) is 8.78 Å². The first-order valence-electron chi connectivity index (χ1n) is 5.90. The van der Waals surface area contributed by atoms with Gasteiger partial charge in [-0.1, -0.05) is 23.7 Å². The highest BCUT2D eigenvalue weighted by atomic mass is 35.5. The van der Waals surface area contributed by atoms with Gasteiger partial charge in [0.1, 0.15) is 0 Å². The second kappa shape index (κ2) is 5.78. The number of benzene rings is 1. The van der Waals surface area contributed by atoms with Crippen LogP contribution in [-0.2, 0) is 6.54 Å². The van der Waals surface area contributed by atoms with Crippen molar-refractivity contribution in [1.29, 1.82) is 0 Å². The summed E-state index contributed by atoms with van der Waals surface area (Å²) in [6.07, 6.45) is -0.680. The minimum atomic E-state index is -2.19. The van der Waals surface area contributed by atoms with E-state index in [9.17, 15) is 8.78 Å². The van der Waals surface area contributed by atoms with Crippen molar-refractivity contribution in [2.45, 2.75) is 25.8 Å². The summed E-state index contributed by atoms with van der Waals surface area (Å²) in [6, 6.07) is 7.58. The van der Waals surface area contributed by atoms with Gasteiger partial charge in [-0.3, -0.25) is 4.90 Å². The van der Waals surface area contributed by atoms with Crippen molar-refractivity contribution in [3.63, 3.8) is 0 Å². The molecule has 0 spiro atoms. The van der Waals surface area contributed by atoms with Crippen molar-refractivity contribution in [2.75, 3.05) is 13.1 Å². The SMILES string of the molecule is FC(F)C1CCCN(Cc2ccc(Cl)cc2)C1. The minimum absolute atomic E-state index is 0.462. The van der Waals surface area contributed by atoms with Crippen LogP contribution in [0.2, 0.25) is 5.02 Å². The summed E-state index contributed by atoms with van der Waals surface area (Å²) in [7, 11) is 0. The second-order valence-electron chi connectivity index (χ2n) is 4.60. The standard InChI is InChI=1S/C13H16ClF2N/c14-12-5-3-10(4-6-12)8-17-7-1-2-11(9-17)13(15)16/h3-6,11,13H,1-2,7-9H2. The van der Waals surface area contributed by atoms with Gasteiger partial charge in [0.05, 0.1) is 0 Å². The Morgan fingerprint density at radius 2 is 2.00 bits per heavy atom. The molecule has 0 bridgehead atoms. The van der Waals surface area contributed by atoms with Crippen molar-refractivity contribution < 1.29 is 8.78 Å². The molecule has 94 valence electrons. The number of halogens is 3. The average molecular weight is 260 g/mol. The van der Waals surface area contributed by atoms with Crippen molar-refractivity contribution in [2.24, 2.45) is 5.92 Å². The van der Waals surface area contributed by atoms with Crippen LogP contribution in [0.25, 0.3) is 0 Å². The van der Waals surface area contributed by atoms with Gasteiger partial charge >= 0.3 is 0 Å². The van der Waals surface area contributed by atoms with Gasteiger partial charge in [0.25, 0.3) is 0 Å². The molecule has 0 aromatic heterocycles. The lowest BCUT2D eigenvalue weighted by Crippen LogP contribution is -2.37. The molecule has 1 fully saturated rings. The first-order valence-corrected chi connectivity index (χ1v) is 6.28. The van der Waals surface area contributed by atoms with Gasteiger partial charge in [0, 0.05) is 24.0 Å². The van der Waals surface area contributed by atoms with E-state index in [1.165, 1.54) is 0 Å². The van der Waals surface area contributed by atoms with Gasteiger partial charge in [-0.15, -0.1) is 0 Å². The Bertz CT molecular complexity index is 353. The van der Waals surface area contributed by atoms with Crippen molar-refractivity contribution in [1.82, 2.24) is 4.90 Å². The minimum Gasteiger partial charge on any atom is -0.299 e. The number of alkyl halides is 2. The number of nitrogens with zero attached hydrogens (tertiary/aromatic N) is 1. The Morgan fingerprint density at radius 1 is 1.29 bits per heavy atom. The Hall–Kier alpha value is -0.670. The predicted octanol–water partition coefficient (Wildman–Crippen LogP) is 3.82. The fourth-order valence-electron chi connectivity index (χ4n) is 2.29. The van der Waals surface area contributed by atoms with E-state index in [4.69, 9.17) is 11.6 Å². The third-order valence-corrected chi connectivity index (χ3v) is 3.47. The summed E-state index contributed by atoms with van der Waals surface area (Å²) in [5.41, 5.74) is 1.13. The van der Waals surface area contributed by atoms with E-state index in [2.05, 4.69) is 4.90 Å². The van der Waals surface area contributed by atoms with Gasteiger partial charge in [-0.05, 0) is 37.1 Å². The molecule has 17 heavy (non-hydrogen) atoms. The lowest BCUT2D eigenvalue weighted by molar-refractivity contribution is 0.0253. The fourth-order valence-corrected chi connectivity index (χ4v) is 2.41. The highest BCUT2D eigenvalue weighted by Crippen LogP contribution is 2.24. The molecule has 1 unspecified atom stereocenters. The molecular weight excluding hydrogens is 244 g/mol. The highest BCUT2D eigenvalue weighted by molar-refractivity contribution is 6.30. The summed E-state index contributed by atoms with van der Waals surface area (Å²) < 4.78 is 25.3. The summed E-state index contributed by atoms with van der Waals surface area (Å²) in [6.45, 7) is 2.15. The molecule has 1 nitrogen and oxygen atoms in total. The van der Waals surface area contributed by atoms with E-state index >= 15 is 0 Å². The maximum atomic E-state index is 12.6. The van der Waals surface area contributed by atoms with Crippen LogP contribution < -0.4 is 0 Å². The first-order chi connectivity index (χ1) is 8.15. The van der Waals surface area contributed by atoms with Crippen LogP contribution in [0.15, 0.2) is 24.3 Å². The molecule has 1 atom stereocenters. The van der Waals surface area contributed by atoms with E-state index in [1.54, 1.807) is 0 Å². The monoisotopic (exact) mass is 259 g/mol. The molecule has 0 aliphatic carbocycles. The molecule has 4 heteroatoms. The third-order valence-electron chi connectivity index (χ3n) is 3.22. The Morgan fingerprint density at radius 3 is 2.65 bits per heavy atom. The van der Waals surface area contributed by atoms with Gasteiger partial charge in [0.15, 0.2) is 0 Å². The van der Waals surface area contributed by atoms with Crippen LogP contribution in [0.3, 0.4) is 0 Å². The van der Waals surface area contributed by atoms with E-state index in [0.717, 1.165) is 25.1 Å². The lowest BCUT2D eigenvalue weighted by atomic mass is 9.98. The molecule has 0 saturated carbocycles. The Kier molecular flexibility index (Phi) is 4.35. The maximum Gasteiger partial charge on any atom is 0.242 e. The molecule has 1 heterocycles. The molecule has 1 aromatic rings. The molecule has 0 amide bonds. The summed E-state index contributed by atoms with van der Waals surface area (Å²) >= 11 is 5.81. The molecule has 2 rings (SSSR count). The predicted molar refractivity (Wildman–Crippen MR) is 65.5 cm³/mol. The molecule has 0 radical (unpaired) electrons. The third kappa shape index (κ3) is 3.65. The van der Waals surface area contributed by atoms with E-state index < -0.39 is 12.3 Å². The van der Waals surface area contributed by atoms with Crippen molar-refractivity contribution in [3.05, 3.63) is 34.9 Å². The highest BCUT2D eigenvalue weighted by Gasteiger charge is 2.26. The number of hydrogen-bond donors (Lipinski definition) is 0. The summed E-state index contributed by atoms with van der Waals surface area (Å²) in [5, 5.41) is 0.706. The van der Waals surface area contributed by atoms with E-state index in [-0.39, 0.29) is 0 Å². The zero-order chi connectivity index (χ0) is 12.3. The number of piperidine rings is 1. The zero-order valence-corrected chi connectivity index (χ0v) is 10.3. The van der Waals surface area contributed by atoms with Gasteiger partial charge in [-0.25, -0.2) is 8.78 Å². The van der Waals surface area contributed by atoms with E-state index in [0.29, 0.717) is 18.0 Å². The van der Waals surface area contributed by atoms with Crippen LogP contribution in [0.5, 0.6) is 0 Å². The molecule has 0 N–H and O–H groups in total. The lowest BCUT2D eigenvalue weighted by Gasteiger charge is -2.32. The Labute approximate surface area is 105 Å². The van der Waals surface area contributed by atoms with Gasteiger partial charge in [-0.2, -0.15) is 0 Å². The topological polar surface area (TPSA) is 3.24 Å². The quantitative estimate of drug-likeness (QED) is 0.798. The van der Waals surface area contributed by atoms with Crippen LogP contribution in [0.1, 0.15) is 18.4 Å².